The summed E-state index contributed by atoms with van der Waals surface area (Å²) < 4.78 is 5.29. The summed E-state index contributed by atoms with van der Waals surface area (Å²) in [5.41, 5.74) is 4.98. The maximum Gasteiger partial charge on any atom is 0.376 e. The molecule has 1 N–H and O–H groups in total. The molecule has 3 heterocycles. The fourth-order valence-electron chi connectivity index (χ4n) is 3.53. The minimum absolute atomic E-state index is 0.0304. The Morgan fingerprint density at radius 3 is 2.44 bits per heavy atom. The molecule has 0 atom stereocenters. The molecule has 0 unspecified atom stereocenters. The van der Waals surface area contributed by atoms with Gasteiger partial charge in [0.1, 0.15) is 5.82 Å². The molecule has 0 aliphatic carbocycles. The van der Waals surface area contributed by atoms with E-state index in [4.69, 9.17) is 9.72 Å². The lowest BCUT2D eigenvalue weighted by Crippen LogP contribution is -2.13. The molecular weight excluding hydrogens is 426 g/mol. The number of ether oxygens (including phenoxy) is 1. The van der Waals surface area contributed by atoms with Crippen LogP contribution < -0.4 is 5.32 Å². The van der Waals surface area contributed by atoms with E-state index in [0.717, 1.165) is 16.9 Å². The Morgan fingerprint density at radius 2 is 1.76 bits per heavy atom. The van der Waals surface area contributed by atoms with E-state index in [9.17, 15) is 4.79 Å². The van der Waals surface area contributed by atoms with E-state index in [2.05, 4.69) is 53.2 Å². The van der Waals surface area contributed by atoms with Crippen LogP contribution in [0.3, 0.4) is 0 Å². The van der Waals surface area contributed by atoms with Crippen molar-refractivity contribution in [1.29, 1.82) is 0 Å². The molecule has 0 radical (unpaired) electrons. The van der Waals surface area contributed by atoms with Gasteiger partial charge >= 0.3 is 5.97 Å². The summed E-state index contributed by atoms with van der Waals surface area (Å²) in [5.74, 6) is -0.109. The van der Waals surface area contributed by atoms with Crippen LogP contribution in [0.4, 0.5) is 11.5 Å². The molecule has 0 bridgehead atoms. The second-order valence-electron chi connectivity index (χ2n) is 9.22. The van der Waals surface area contributed by atoms with Crippen molar-refractivity contribution in [2.24, 2.45) is 0 Å². The van der Waals surface area contributed by atoms with Crippen LogP contribution in [0.1, 0.15) is 55.9 Å². The van der Waals surface area contributed by atoms with Crippen molar-refractivity contribution >= 4 is 28.5 Å². The van der Waals surface area contributed by atoms with Gasteiger partial charge in [-0.05, 0) is 60.2 Å². The Labute approximate surface area is 199 Å². The summed E-state index contributed by atoms with van der Waals surface area (Å²) in [6.07, 6.45) is 2.45. The van der Waals surface area contributed by atoms with E-state index in [0.29, 0.717) is 35.6 Å². The molecule has 0 saturated heterocycles. The van der Waals surface area contributed by atoms with Gasteiger partial charge in [-0.25, -0.2) is 19.7 Å². The van der Waals surface area contributed by atoms with Crippen LogP contribution in [0, 0.1) is 6.92 Å². The summed E-state index contributed by atoms with van der Waals surface area (Å²) >= 11 is 0. The first-order chi connectivity index (χ1) is 16.3. The molecule has 0 spiro atoms. The van der Waals surface area contributed by atoms with E-state index >= 15 is 0 Å². The van der Waals surface area contributed by atoms with Gasteiger partial charge in [0.25, 0.3) is 0 Å². The van der Waals surface area contributed by atoms with E-state index in [-0.39, 0.29) is 11.2 Å². The van der Waals surface area contributed by atoms with Gasteiger partial charge < -0.3 is 10.1 Å². The number of carbonyl (C=O) groups excluding carboxylic acids is 1. The smallest absolute Gasteiger partial charge is 0.376 e. The minimum Gasteiger partial charge on any atom is -0.460 e. The lowest BCUT2D eigenvalue weighted by Gasteiger charge is -2.19. The number of aryl methyl sites for hydroxylation is 1. The quantitative estimate of drug-likeness (QED) is 0.356. The molecule has 7 nitrogen and oxygen atoms in total. The monoisotopic (exact) mass is 455 g/mol. The maximum absolute atomic E-state index is 12.6. The van der Waals surface area contributed by atoms with Gasteiger partial charge in [-0.3, -0.25) is 4.98 Å². The molecule has 0 aliphatic heterocycles. The molecule has 34 heavy (non-hydrogen) atoms. The zero-order chi connectivity index (χ0) is 24.3. The van der Waals surface area contributed by atoms with Crippen molar-refractivity contribution in [2.75, 3.05) is 11.9 Å². The highest BCUT2D eigenvalue weighted by Gasteiger charge is 2.18. The molecule has 174 valence electrons. The first kappa shape index (κ1) is 23.3. The average Bonchev–Trinajstić information content (AvgIpc) is 2.82. The molecule has 7 heteroatoms. The standard InChI is InChI=1S/C27H29N5O2/c1-6-16-34-26(33)25-31-23(29-19-11-9-18(10-12-19)27(3,4)5)20-13-14-21(30-24(20)32-25)22-17(2)8-7-15-28-22/h7-15H,6,16H2,1-5H3,(H,29,30,31,32). The number of carbonyl (C=O) groups is 1. The molecule has 1 aromatic carbocycles. The third kappa shape index (κ3) is 5.03. The van der Waals surface area contributed by atoms with Crippen molar-refractivity contribution in [3.8, 4) is 11.4 Å². The van der Waals surface area contributed by atoms with Crippen molar-refractivity contribution in [2.45, 2.75) is 46.5 Å². The molecule has 4 aromatic rings. The second kappa shape index (κ2) is 9.55. The van der Waals surface area contributed by atoms with Crippen LogP contribution in [0.25, 0.3) is 22.4 Å². The van der Waals surface area contributed by atoms with Gasteiger partial charge in [-0.15, -0.1) is 0 Å². The summed E-state index contributed by atoms with van der Waals surface area (Å²) in [5, 5.41) is 4.03. The Balaban J connectivity index is 1.78. The molecule has 4 rings (SSSR count). The Morgan fingerprint density at radius 1 is 1.00 bits per heavy atom. The lowest BCUT2D eigenvalue weighted by atomic mass is 9.87. The topological polar surface area (TPSA) is 89.9 Å². The van der Waals surface area contributed by atoms with Gasteiger partial charge in [-0.1, -0.05) is 45.9 Å². The van der Waals surface area contributed by atoms with Gasteiger partial charge in [0, 0.05) is 11.9 Å². The van der Waals surface area contributed by atoms with Crippen molar-refractivity contribution in [3.05, 3.63) is 71.7 Å². The zero-order valence-corrected chi connectivity index (χ0v) is 20.2. The Hall–Kier alpha value is -3.87. The van der Waals surface area contributed by atoms with Crippen molar-refractivity contribution in [1.82, 2.24) is 19.9 Å². The number of aromatic nitrogens is 4. The molecule has 3 aromatic heterocycles. The van der Waals surface area contributed by atoms with Gasteiger partial charge in [0.2, 0.25) is 5.82 Å². The van der Waals surface area contributed by atoms with Gasteiger partial charge in [-0.2, -0.15) is 0 Å². The predicted molar refractivity (Wildman–Crippen MR) is 134 cm³/mol. The van der Waals surface area contributed by atoms with Crippen molar-refractivity contribution < 1.29 is 9.53 Å². The number of esters is 1. The highest BCUT2D eigenvalue weighted by Crippen LogP contribution is 2.28. The van der Waals surface area contributed by atoms with E-state index in [1.807, 2.05) is 50.2 Å². The maximum atomic E-state index is 12.6. The number of hydrogen-bond donors (Lipinski definition) is 1. The first-order valence-electron chi connectivity index (χ1n) is 11.4. The number of rotatable bonds is 6. The minimum atomic E-state index is -0.573. The molecule has 0 fully saturated rings. The molecular formula is C27H29N5O2. The molecule has 0 amide bonds. The fraction of sp³-hybridized carbons (Fsp3) is 0.296. The van der Waals surface area contributed by atoms with Crippen LogP contribution in [0.15, 0.2) is 54.7 Å². The normalized spacial score (nSPS) is 11.4. The summed E-state index contributed by atoms with van der Waals surface area (Å²) in [6, 6.07) is 15.8. The van der Waals surface area contributed by atoms with E-state index in [1.165, 1.54) is 5.56 Å². The summed E-state index contributed by atoms with van der Waals surface area (Å²) in [6.45, 7) is 10.7. The largest absolute Gasteiger partial charge is 0.460 e. The van der Waals surface area contributed by atoms with Crippen LogP contribution >= 0.6 is 0 Å². The lowest BCUT2D eigenvalue weighted by molar-refractivity contribution is 0.0491. The summed E-state index contributed by atoms with van der Waals surface area (Å²) in [4.78, 5) is 30.7. The third-order valence-corrected chi connectivity index (χ3v) is 5.45. The predicted octanol–water partition coefficient (Wildman–Crippen LogP) is 6.00. The van der Waals surface area contributed by atoms with E-state index in [1.54, 1.807) is 6.20 Å². The number of benzene rings is 1. The van der Waals surface area contributed by atoms with Crippen molar-refractivity contribution in [3.63, 3.8) is 0 Å². The number of nitrogens with zero attached hydrogens (tertiary/aromatic N) is 4. The zero-order valence-electron chi connectivity index (χ0n) is 20.2. The van der Waals surface area contributed by atoms with Crippen LogP contribution in [0.2, 0.25) is 0 Å². The SMILES string of the molecule is CCCOC(=O)c1nc(Nc2ccc(C(C)(C)C)cc2)c2ccc(-c3ncccc3C)nc2n1. The van der Waals surface area contributed by atoms with Crippen LogP contribution in [0.5, 0.6) is 0 Å². The molecule has 0 saturated carbocycles. The van der Waals surface area contributed by atoms with E-state index < -0.39 is 5.97 Å². The Kier molecular flexibility index (Phi) is 6.54. The number of pyridine rings is 2. The summed E-state index contributed by atoms with van der Waals surface area (Å²) in [7, 11) is 0. The highest BCUT2D eigenvalue weighted by atomic mass is 16.5. The number of nitrogens with one attached hydrogen (secondary N) is 1. The van der Waals surface area contributed by atoms with Crippen LogP contribution in [-0.4, -0.2) is 32.5 Å². The third-order valence-electron chi connectivity index (χ3n) is 5.45. The Bertz CT molecular complexity index is 1330. The average molecular weight is 456 g/mol. The van der Waals surface area contributed by atoms with Crippen LogP contribution in [-0.2, 0) is 10.2 Å². The van der Waals surface area contributed by atoms with Gasteiger partial charge in [0.05, 0.1) is 23.4 Å². The number of hydrogen-bond acceptors (Lipinski definition) is 7. The second-order valence-corrected chi connectivity index (χ2v) is 9.22. The number of fused-ring (bicyclic) bond motifs is 1. The highest BCUT2D eigenvalue weighted by molar-refractivity contribution is 5.94. The fourth-order valence-corrected chi connectivity index (χ4v) is 3.53. The van der Waals surface area contributed by atoms with Gasteiger partial charge in [0.15, 0.2) is 5.65 Å². The number of anilines is 2. The first-order valence-corrected chi connectivity index (χ1v) is 11.4. The molecule has 0 aliphatic rings.